The summed E-state index contributed by atoms with van der Waals surface area (Å²) in [5.41, 5.74) is 1.18. The summed E-state index contributed by atoms with van der Waals surface area (Å²) in [6, 6.07) is 3.00. The van der Waals surface area contributed by atoms with Gasteiger partial charge in [-0.25, -0.2) is 0 Å². The molecule has 0 radical (unpaired) electrons. The predicted molar refractivity (Wildman–Crippen MR) is 86.1 cm³/mol. The molecule has 1 aromatic rings. The molecule has 0 saturated carbocycles. The van der Waals surface area contributed by atoms with E-state index in [4.69, 9.17) is 0 Å². The number of phenols is 1. The molecule has 1 atom stereocenters. The third kappa shape index (κ3) is 3.56. The van der Waals surface area contributed by atoms with Crippen molar-refractivity contribution in [2.45, 2.75) is 33.2 Å². The van der Waals surface area contributed by atoms with Gasteiger partial charge in [0.05, 0.1) is 10.5 Å². The highest BCUT2D eigenvalue weighted by atomic mass is 16.6. The average molecular weight is 307 g/mol. The van der Waals surface area contributed by atoms with Crippen molar-refractivity contribution in [3.8, 4) is 5.75 Å². The number of nitro groups is 1. The maximum Gasteiger partial charge on any atom is 0.277 e. The van der Waals surface area contributed by atoms with Crippen molar-refractivity contribution < 1.29 is 10.0 Å². The minimum atomic E-state index is -0.385. The highest BCUT2D eigenvalue weighted by molar-refractivity contribution is 5.54. The molecule has 1 aliphatic heterocycles. The number of nitrogens with one attached hydrogen (secondary N) is 1. The molecule has 1 heterocycles. The molecular formula is C16H25N3O3. The predicted octanol–water partition coefficient (Wildman–Crippen LogP) is 2.60. The van der Waals surface area contributed by atoms with E-state index in [1.165, 1.54) is 6.07 Å². The lowest BCUT2D eigenvalue weighted by molar-refractivity contribution is -0.386. The monoisotopic (exact) mass is 307 g/mol. The van der Waals surface area contributed by atoms with E-state index in [1.807, 2.05) is 0 Å². The highest BCUT2D eigenvalue weighted by Crippen LogP contribution is 2.41. The Hall–Kier alpha value is -1.66. The van der Waals surface area contributed by atoms with E-state index in [0.717, 1.165) is 32.6 Å². The van der Waals surface area contributed by atoms with Gasteiger partial charge in [0.2, 0.25) is 0 Å². The highest BCUT2D eigenvalue weighted by Gasteiger charge is 2.32. The Kier molecular flexibility index (Phi) is 5.37. The van der Waals surface area contributed by atoms with Gasteiger partial charge in [-0.1, -0.05) is 13.8 Å². The summed E-state index contributed by atoms with van der Waals surface area (Å²) < 4.78 is 0. The zero-order valence-electron chi connectivity index (χ0n) is 13.5. The van der Waals surface area contributed by atoms with E-state index in [-0.39, 0.29) is 22.4 Å². The number of benzene rings is 1. The molecule has 0 spiro atoms. The average Bonchev–Trinajstić information content (AvgIpc) is 2.48. The van der Waals surface area contributed by atoms with Crippen LogP contribution in [0.1, 0.15) is 37.4 Å². The van der Waals surface area contributed by atoms with Crippen LogP contribution in [0.5, 0.6) is 5.75 Å². The fourth-order valence-electron chi connectivity index (χ4n) is 3.08. The van der Waals surface area contributed by atoms with E-state index in [2.05, 4.69) is 24.1 Å². The Balaban J connectivity index is 2.49. The second-order valence-electron chi connectivity index (χ2n) is 6.35. The van der Waals surface area contributed by atoms with Gasteiger partial charge in [0.15, 0.2) is 0 Å². The van der Waals surface area contributed by atoms with Gasteiger partial charge in [0.25, 0.3) is 5.69 Å². The summed E-state index contributed by atoms with van der Waals surface area (Å²) >= 11 is 0. The molecule has 1 fully saturated rings. The molecule has 0 bridgehead atoms. The molecule has 122 valence electrons. The number of piperazine rings is 1. The maximum atomic E-state index is 11.4. The first-order chi connectivity index (χ1) is 10.4. The molecule has 0 amide bonds. The van der Waals surface area contributed by atoms with Crippen molar-refractivity contribution in [3.05, 3.63) is 33.4 Å². The topological polar surface area (TPSA) is 78.6 Å². The van der Waals surface area contributed by atoms with Gasteiger partial charge in [-0.2, -0.15) is 0 Å². The van der Waals surface area contributed by atoms with Crippen molar-refractivity contribution in [3.63, 3.8) is 0 Å². The van der Waals surface area contributed by atoms with Crippen LogP contribution in [0.2, 0.25) is 0 Å². The summed E-state index contributed by atoms with van der Waals surface area (Å²) in [6.07, 6.45) is 0.790. The van der Waals surface area contributed by atoms with Crippen LogP contribution >= 0.6 is 0 Å². The Morgan fingerprint density at radius 3 is 2.55 bits per heavy atom. The lowest BCUT2D eigenvalue weighted by atomic mass is 9.91. The number of hydrogen-bond donors (Lipinski definition) is 2. The number of nitrogens with zero attached hydrogens (tertiary/aromatic N) is 2. The van der Waals surface area contributed by atoms with Gasteiger partial charge in [-0.3, -0.25) is 15.0 Å². The zero-order valence-corrected chi connectivity index (χ0v) is 13.5. The molecule has 2 rings (SSSR count). The number of rotatable bonds is 5. The summed E-state index contributed by atoms with van der Waals surface area (Å²) in [5, 5.41) is 25.2. The number of aromatic hydroxyl groups is 1. The largest absolute Gasteiger partial charge is 0.507 e. The molecule has 6 nitrogen and oxygen atoms in total. The van der Waals surface area contributed by atoms with E-state index < -0.39 is 0 Å². The summed E-state index contributed by atoms with van der Waals surface area (Å²) in [4.78, 5) is 13.3. The first-order valence-electron chi connectivity index (χ1n) is 7.83. The van der Waals surface area contributed by atoms with Crippen LogP contribution in [0, 0.1) is 23.0 Å². The number of hydrogen-bond acceptors (Lipinski definition) is 5. The quantitative estimate of drug-likeness (QED) is 0.646. The summed E-state index contributed by atoms with van der Waals surface area (Å²) in [5.74, 6) is 0.456. The molecular weight excluding hydrogens is 282 g/mol. The molecule has 2 N–H and O–H groups in total. The summed E-state index contributed by atoms with van der Waals surface area (Å²) in [7, 11) is 0. The lowest BCUT2D eigenvalue weighted by Gasteiger charge is -2.36. The van der Waals surface area contributed by atoms with Crippen LogP contribution in [0.25, 0.3) is 0 Å². The van der Waals surface area contributed by atoms with E-state index in [1.54, 1.807) is 13.0 Å². The Morgan fingerprint density at radius 2 is 2.00 bits per heavy atom. The molecule has 1 aliphatic rings. The van der Waals surface area contributed by atoms with Crippen molar-refractivity contribution >= 4 is 5.69 Å². The molecule has 1 aromatic carbocycles. The van der Waals surface area contributed by atoms with E-state index >= 15 is 0 Å². The first kappa shape index (κ1) is 16.7. The molecule has 1 saturated heterocycles. The molecule has 0 aromatic heterocycles. The molecule has 6 heteroatoms. The third-order valence-corrected chi connectivity index (χ3v) is 4.21. The second-order valence-corrected chi connectivity index (χ2v) is 6.35. The molecule has 22 heavy (non-hydrogen) atoms. The minimum absolute atomic E-state index is 0.0206. The smallest absolute Gasteiger partial charge is 0.277 e. The van der Waals surface area contributed by atoms with Crippen LogP contribution in [-0.4, -0.2) is 41.1 Å². The van der Waals surface area contributed by atoms with E-state index in [0.29, 0.717) is 17.0 Å². The van der Waals surface area contributed by atoms with Crippen LogP contribution in [-0.2, 0) is 0 Å². The maximum absolute atomic E-state index is 11.4. The van der Waals surface area contributed by atoms with Gasteiger partial charge in [0, 0.05) is 38.3 Å². The lowest BCUT2D eigenvalue weighted by Crippen LogP contribution is -2.45. The Morgan fingerprint density at radius 1 is 1.36 bits per heavy atom. The van der Waals surface area contributed by atoms with Crippen LogP contribution in [0.15, 0.2) is 12.1 Å². The van der Waals surface area contributed by atoms with Crippen molar-refractivity contribution in [1.82, 2.24) is 10.2 Å². The van der Waals surface area contributed by atoms with Gasteiger partial charge in [-0.15, -0.1) is 0 Å². The van der Waals surface area contributed by atoms with Crippen molar-refractivity contribution in [2.75, 3.05) is 26.2 Å². The zero-order chi connectivity index (χ0) is 16.3. The minimum Gasteiger partial charge on any atom is -0.507 e. The molecule has 0 unspecified atom stereocenters. The molecule has 0 aliphatic carbocycles. The Labute approximate surface area is 131 Å². The van der Waals surface area contributed by atoms with Gasteiger partial charge in [-0.05, 0) is 30.9 Å². The first-order valence-corrected chi connectivity index (χ1v) is 7.83. The van der Waals surface area contributed by atoms with Crippen LogP contribution in [0.4, 0.5) is 5.69 Å². The van der Waals surface area contributed by atoms with Gasteiger partial charge < -0.3 is 10.4 Å². The Bertz CT molecular complexity index is 540. The third-order valence-electron chi connectivity index (χ3n) is 4.21. The van der Waals surface area contributed by atoms with E-state index in [9.17, 15) is 15.2 Å². The van der Waals surface area contributed by atoms with Crippen LogP contribution in [0.3, 0.4) is 0 Å². The number of nitro benzene ring substituents is 1. The fraction of sp³-hybridized carbons (Fsp3) is 0.625. The number of phenolic OH excluding ortho intramolecular Hbond substituents is 1. The van der Waals surface area contributed by atoms with Crippen molar-refractivity contribution in [2.24, 2.45) is 5.92 Å². The van der Waals surface area contributed by atoms with Crippen LogP contribution < -0.4 is 5.32 Å². The van der Waals surface area contributed by atoms with Gasteiger partial charge in [0.1, 0.15) is 5.75 Å². The number of aryl methyl sites for hydroxylation is 1. The van der Waals surface area contributed by atoms with Gasteiger partial charge >= 0.3 is 0 Å². The SMILES string of the molecule is Cc1ccc([N+](=O)[O-])c([C@H](CC(C)C)N2CCNCC2)c1O. The summed E-state index contributed by atoms with van der Waals surface area (Å²) in [6.45, 7) is 9.41. The fourth-order valence-corrected chi connectivity index (χ4v) is 3.08. The van der Waals surface area contributed by atoms with Crippen molar-refractivity contribution in [1.29, 1.82) is 0 Å². The normalized spacial score (nSPS) is 17.6. The standard InChI is InChI=1S/C16H25N3O3/c1-11(2)10-14(18-8-6-17-7-9-18)15-13(19(21)22)5-4-12(3)16(15)20/h4-5,11,14,17,20H,6-10H2,1-3H3/t14-/m0/s1. The second kappa shape index (κ2) is 7.07.